The second-order valence-electron chi connectivity index (χ2n) is 6.66. The normalized spacial score (nSPS) is 17.7. The molecule has 0 spiro atoms. The summed E-state index contributed by atoms with van der Waals surface area (Å²) in [6, 6.07) is 9.97. The number of anilines is 1. The van der Waals surface area contributed by atoms with E-state index in [2.05, 4.69) is 17.4 Å². The van der Waals surface area contributed by atoms with E-state index in [0.717, 1.165) is 22.6 Å². The maximum absolute atomic E-state index is 12.9. The van der Waals surface area contributed by atoms with Crippen molar-refractivity contribution in [3.63, 3.8) is 0 Å². The van der Waals surface area contributed by atoms with Crippen LogP contribution in [0.4, 0.5) is 5.82 Å². The minimum Gasteiger partial charge on any atom is -0.383 e. The molecule has 1 aromatic heterocycles. The molecule has 1 aliphatic heterocycles. The third kappa shape index (κ3) is 3.29. The maximum atomic E-state index is 12.9. The molecule has 1 aromatic carbocycles. The fourth-order valence-electron chi connectivity index (χ4n) is 3.50. The Bertz CT molecular complexity index is 833. The molecule has 1 aliphatic rings. The van der Waals surface area contributed by atoms with Crippen molar-refractivity contribution in [3.8, 4) is 5.69 Å². The van der Waals surface area contributed by atoms with Crippen LogP contribution in [-0.4, -0.2) is 41.2 Å². The fraction of sp³-hybridized carbons (Fsp3) is 0.333. The van der Waals surface area contributed by atoms with Gasteiger partial charge in [0.2, 0.25) is 5.91 Å². The fourth-order valence-corrected chi connectivity index (χ4v) is 3.50. The van der Waals surface area contributed by atoms with Crippen LogP contribution >= 0.6 is 0 Å². The van der Waals surface area contributed by atoms with Crippen molar-refractivity contribution in [2.24, 2.45) is 0 Å². The summed E-state index contributed by atoms with van der Waals surface area (Å²) >= 11 is 0. The predicted octanol–water partition coefficient (Wildman–Crippen LogP) is 3.73. The van der Waals surface area contributed by atoms with Gasteiger partial charge in [-0.25, -0.2) is 4.68 Å². The van der Waals surface area contributed by atoms with Crippen LogP contribution in [0.2, 0.25) is 0 Å². The molecule has 0 radical (unpaired) electrons. The number of fused-ring (bicyclic) bond motifs is 1. The molecule has 0 N–H and O–H groups in total. The van der Waals surface area contributed by atoms with Gasteiger partial charge >= 0.3 is 0 Å². The van der Waals surface area contributed by atoms with Gasteiger partial charge in [0.25, 0.3) is 0 Å². The molecule has 0 aliphatic carbocycles. The van der Waals surface area contributed by atoms with Crippen molar-refractivity contribution in [1.29, 1.82) is 0 Å². The molecule has 2 aromatic rings. The zero-order valence-corrected chi connectivity index (χ0v) is 15.9. The number of rotatable bonds is 5. The molecule has 1 unspecified atom stereocenters. The third-order valence-corrected chi connectivity index (χ3v) is 4.57. The van der Waals surface area contributed by atoms with E-state index in [1.165, 1.54) is 0 Å². The number of nitrogens with zero attached hydrogens (tertiary/aromatic N) is 4. The molecular formula is C21H26N4O. The lowest BCUT2D eigenvalue weighted by Crippen LogP contribution is -2.38. The molecule has 0 saturated carbocycles. The van der Waals surface area contributed by atoms with Crippen LogP contribution in [0.3, 0.4) is 0 Å². The van der Waals surface area contributed by atoms with Gasteiger partial charge in [-0.15, -0.1) is 0 Å². The minimum absolute atomic E-state index is 0.0105. The van der Waals surface area contributed by atoms with Crippen LogP contribution < -0.4 is 4.90 Å². The SMILES string of the molecule is C/C=C\C(=C/N(C)C)C1CC(=O)N(CC)c2c1cnn2-c1ccccc1. The summed E-state index contributed by atoms with van der Waals surface area (Å²) in [5.74, 6) is 1.03. The lowest BCUT2D eigenvalue weighted by molar-refractivity contribution is -0.119. The average molecular weight is 350 g/mol. The first kappa shape index (κ1) is 18.0. The second kappa shape index (κ2) is 7.60. The van der Waals surface area contributed by atoms with Crippen molar-refractivity contribution in [1.82, 2.24) is 14.7 Å². The predicted molar refractivity (Wildman–Crippen MR) is 106 cm³/mol. The molecule has 1 atom stereocenters. The Balaban J connectivity index is 2.17. The van der Waals surface area contributed by atoms with Crippen LogP contribution in [0.1, 0.15) is 31.7 Å². The molecule has 3 rings (SSSR count). The first-order chi connectivity index (χ1) is 12.6. The summed E-state index contributed by atoms with van der Waals surface area (Å²) in [7, 11) is 4.00. The van der Waals surface area contributed by atoms with Gasteiger partial charge in [0, 0.05) is 44.7 Å². The number of aromatic nitrogens is 2. The number of hydrogen-bond donors (Lipinski definition) is 0. The molecule has 5 heteroatoms. The number of amides is 1. The van der Waals surface area contributed by atoms with E-state index in [0.29, 0.717) is 13.0 Å². The molecule has 0 fully saturated rings. The molecular weight excluding hydrogens is 324 g/mol. The summed E-state index contributed by atoms with van der Waals surface area (Å²) in [6.07, 6.45) is 8.57. The summed E-state index contributed by atoms with van der Waals surface area (Å²) in [6.45, 7) is 4.64. The molecule has 5 nitrogen and oxygen atoms in total. The van der Waals surface area contributed by atoms with E-state index in [1.807, 2.05) is 85.0 Å². The Hall–Kier alpha value is -2.82. The lowest BCUT2D eigenvalue weighted by Gasteiger charge is -2.32. The summed E-state index contributed by atoms with van der Waals surface area (Å²) in [5, 5.41) is 4.63. The van der Waals surface area contributed by atoms with Crippen molar-refractivity contribution < 1.29 is 4.79 Å². The smallest absolute Gasteiger partial charge is 0.229 e. The van der Waals surface area contributed by atoms with E-state index >= 15 is 0 Å². The highest BCUT2D eigenvalue weighted by Gasteiger charge is 2.35. The maximum Gasteiger partial charge on any atom is 0.229 e. The zero-order chi connectivity index (χ0) is 18.7. The second-order valence-corrected chi connectivity index (χ2v) is 6.66. The van der Waals surface area contributed by atoms with Gasteiger partial charge in [0.15, 0.2) is 0 Å². The molecule has 0 saturated heterocycles. The van der Waals surface area contributed by atoms with Gasteiger partial charge in [-0.2, -0.15) is 5.10 Å². The number of benzene rings is 1. The highest BCUT2D eigenvalue weighted by molar-refractivity contribution is 5.97. The van der Waals surface area contributed by atoms with Gasteiger partial charge in [0.1, 0.15) is 5.82 Å². The molecule has 1 amide bonds. The molecule has 2 heterocycles. The van der Waals surface area contributed by atoms with E-state index in [9.17, 15) is 4.79 Å². The van der Waals surface area contributed by atoms with Crippen molar-refractivity contribution in [2.45, 2.75) is 26.2 Å². The van der Waals surface area contributed by atoms with Gasteiger partial charge in [-0.3, -0.25) is 9.69 Å². The summed E-state index contributed by atoms with van der Waals surface area (Å²) < 4.78 is 1.88. The Morgan fingerprint density at radius 3 is 2.65 bits per heavy atom. The van der Waals surface area contributed by atoms with E-state index in [-0.39, 0.29) is 11.8 Å². The Morgan fingerprint density at radius 1 is 1.31 bits per heavy atom. The van der Waals surface area contributed by atoms with Crippen LogP contribution in [-0.2, 0) is 4.79 Å². The largest absolute Gasteiger partial charge is 0.383 e. The molecule has 26 heavy (non-hydrogen) atoms. The first-order valence-corrected chi connectivity index (χ1v) is 9.01. The molecule has 0 bridgehead atoms. The van der Waals surface area contributed by atoms with Gasteiger partial charge < -0.3 is 4.90 Å². The van der Waals surface area contributed by atoms with Gasteiger partial charge in [0.05, 0.1) is 11.9 Å². The molecule has 136 valence electrons. The first-order valence-electron chi connectivity index (χ1n) is 9.01. The van der Waals surface area contributed by atoms with Gasteiger partial charge in [-0.1, -0.05) is 30.4 Å². The third-order valence-electron chi connectivity index (χ3n) is 4.57. The lowest BCUT2D eigenvalue weighted by atomic mass is 9.86. The standard InChI is InChI=1S/C21H26N4O/c1-5-10-16(15-23(3)4)18-13-20(26)24(6-2)21-19(18)14-22-25(21)17-11-8-7-9-12-17/h5,7-12,14-15,18H,6,13H2,1-4H3/b10-5-,16-15+. The van der Waals surface area contributed by atoms with Gasteiger partial charge in [-0.05, 0) is 31.6 Å². The number of hydrogen-bond acceptors (Lipinski definition) is 3. The van der Waals surface area contributed by atoms with Crippen LogP contribution in [0.15, 0.2) is 60.5 Å². The van der Waals surface area contributed by atoms with Crippen LogP contribution in [0.25, 0.3) is 5.69 Å². The highest BCUT2D eigenvalue weighted by atomic mass is 16.2. The van der Waals surface area contributed by atoms with Crippen molar-refractivity contribution in [2.75, 3.05) is 25.5 Å². The van der Waals surface area contributed by atoms with Crippen molar-refractivity contribution in [3.05, 3.63) is 66.0 Å². The van der Waals surface area contributed by atoms with E-state index < -0.39 is 0 Å². The summed E-state index contributed by atoms with van der Waals surface area (Å²) in [4.78, 5) is 16.8. The van der Waals surface area contributed by atoms with Crippen LogP contribution in [0, 0.1) is 0 Å². The number of allylic oxidation sites excluding steroid dienone is 3. The van der Waals surface area contributed by atoms with Crippen molar-refractivity contribution >= 4 is 11.7 Å². The zero-order valence-electron chi connectivity index (χ0n) is 15.9. The van der Waals surface area contributed by atoms with E-state index in [4.69, 9.17) is 0 Å². The minimum atomic E-state index is 0.0105. The Labute approximate surface area is 155 Å². The highest BCUT2D eigenvalue weighted by Crippen LogP contribution is 2.41. The quantitative estimate of drug-likeness (QED) is 0.772. The Morgan fingerprint density at radius 2 is 2.04 bits per heavy atom. The number of carbonyl (C=O) groups excluding carboxylic acids is 1. The number of para-hydroxylation sites is 1. The van der Waals surface area contributed by atoms with E-state index in [1.54, 1.807) is 0 Å². The monoisotopic (exact) mass is 350 g/mol. The number of carbonyl (C=O) groups is 1. The topological polar surface area (TPSA) is 41.4 Å². The average Bonchev–Trinajstić information content (AvgIpc) is 3.06. The summed E-state index contributed by atoms with van der Waals surface area (Å²) in [5.41, 5.74) is 3.18. The van der Waals surface area contributed by atoms with Crippen LogP contribution in [0.5, 0.6) is 0 Å². The Kier molecular flexibility index (Phi) is 5.26.